The van der Waals surface area contributed by atoms with Gasteiger partial charge in [-0.1, -0.05) is 17.7 Å². The van der Waals surface area contributed by atoms with E-state index in [-0.39, 0.29) is 19.2 Å². The van der Waals surface area contributed by atoms with E-state index >= 15 is 0 Å². The third-order valence-corrected chi connectivity index (χ3v) is 8.38. The first-order valence-electron chi connectivity index (χ1n) is 13.4. The molecule has 3 aliphatic heterocycles. The molecular formula is C31H31Cl2N3O4. The molecular weight excluding hydrogens is 549 g/mol. The van der Waals surface area contributed by atoms with E-state index in [9.17, 15) is 0 Å². The Morgan fingerprint density at radius 3 is 2.48 bits per heavy atom. The zero-order chi connectivity index (χ0) is 26.5. The summed E-state index contributed by atoms with van der Waals surface area (Å²) in [4.78, 5) is 4.92. The molecule has 0 amide bonds. The lowest BCUT2D eigenvalue weighted by Crippen LogP contribution is -3.00. The number of benzene rings is 3. The summed E-state index contributed by atoms with van der Waals surface area (Å²) in [6.45, 7) is 5.84. The molecule has 208 valence electrons. The molecule has 3 aromatic carbocycles. The number of aromatic nitrogens is 1. The predicted molar refractivity (Wildman–Crippen MR) is 151 cm³/mol. The highest BCUT2D eigenvalue weighted by Gasteiger charge is 2.30. The number of hydrogen-bond acceptors (Lipinski definition) is 6. The number of piperazine rings is 1. The number of ether oxygens (including phenoxy) is 4. The number of rotatable bonds is 5. The fourth-order valence-corrected chi connectivity index (χ4v) is 6.32. The van der Waals surface area contributed by atoms with Crippen molar-refractivity contribution < 1.29 is 35.9 Å². The summed E-state index contributed by atoms with van der Waals surface area (Å²) in [6, 6.07) is 16.8. The average Bonchev–Trinajstić information content (AvgIpc) is 3.43. The van der Waals surface area contributed by atoms with Gasteiger partial charge in [0, 0.05) is 61.3 Å². The van der Waals surface area contributed by atoms with Gasteiger partial charge in [-0.3, -0.25) is 4.90 Å². The fourth-order valence-electron chi connectivity index (χ4n) is 6.13. The Hall–Kier alpha value is -3.39. The third kappa shape index (κ3) is 4.66. The molecule has 1 fully saturated rings. The number of anilines is 1. The van der Waals surface area contributed by atoms with E-state index in [1.165, 1.54) is 33.5 Å². The molecule has 0 N–H and O–H groups in total. The maximum atomic E-state index is 6.24. The Morgan fingerprint density at radius 2 is 1.73 bits per heavy atom. The van der Waals surface area contributed by atoms with Gasteiger partial charge in [-0.15, -0.1) is 0 Å². The van der Waals surface area contributed by atoms with Crippen molar-refractivity contribution in [2.45, 2.75) is 19.5 Å². The minimum Gasteiger partial charge on any atom is -1.00 e. The Bertz CT molecular complexity index is 1590. The second-order valence-corrected chi connectivity index (χ2v) is 10.7. The Kier molecular flexibility index (Phi) is 7.29. The lowest BCUT2D eigenvalue weighted by Gasteiger charge is -2.36. The third-order valence-electron chi connectivity index (χ3n) is 8.15. The second-order valence-electron chi connectivity index (χ2n) is 10.3. The van der Waals surface area contributed by atoms with Crippen molar-refractivity contribution in [1.82, 2.24) is 4.90 Å². The molecule has 1 aromatic heterocycles. The number of nitrogens with zero attached hydrogens (tertiary/aromatic N) is 3. The van der Waals surface area contributed by atoms with Gasteiger partial charge in [0.2, 0.25) is 12.5 Å². The van der Waals surface area contributed by atoms with Gasteiger partial charge in [-0.05, 0) is 47.5 Å². The van der Waals surface area contributed by atoms with Gasteiger partial charge in [-0.25, -0.2) is 0 Å². The van der Waals surface area contributed by atoms with Crippen LogP contribution in [0.1, 0.15) is 11.1 Å². The molecule has 40 heavy (non-hydrogen) atoms. The maximum Gasteiger partial charge on any atom is 0.231 e. The van der Waals surface area contributed by atoms with Gasteiger partial charge >= 0.3 is 0 Å². The van der Waals surface area contributed by atoms with Crippen molar-refractivity contribution in [3.8, 4) is 34.3 Å². The van der Waals surface area contributed by atoms with Crippen LogP contribution in [0.5, 0.6) is 23.0 Å². The largest absolute Gasteiger partial charge is 1.00 e. The molecule has 0 unspecified atom stereocenters. The van der Waals surface area contributed by atoms with Crippen molar-refractivity contribution >= 4 is 28.1 Å². The summed E-state index contributed by atoms with van der Waals surface area (Å²) < 4.78 is 25.4. The molecule has 0 saturated carbocycles. The molecule has 1 saturated heterocycles. The number of pyridine rings is 1. The normalized spacial score (nSPS) is 15.8. The molecule has 4 aromatic rings. The zero-order valence-electron chi connectivity index (χ0n) is 22.6. The van der Waals surface area contributed by atoms with E-state index in [4.69, 9.17) is 30.5 Å². The van der Waals surface area contributed by atoms with Crippen LogP contribution in [0.2, 0.25) is 5.02 Å². The highest BCUT2D eigenvalue weighted by molar-refractivity contribution is 6.30. The number of methoxy groups -OCH3 is 2. The highest BCUT2D eigenvalue weighted by Crippen LogP contribution is 2.43. The number of hydrogen-bond donors (Lipinski definition) is 0. The number of halogens is 2. The average molecular weight is 581 g/mol. The van der Waals surface area contributed by atoms with Crippen LogP contribution >= 0.6 is 11.6 Å². The van der Waals surface area contributed by atoms with E-state index in [0.29, 0.717) is 0 Å². The Balaban J connectivity index is 0.00000289. The first-order chi connectivity index (χ1) is 19.1. The smallest absolute Gasteiger partial charge is 0.231 e. The van der Waals surface area contributed by atoms with E-state index in [1.54, 1.807) is 14.2 Å². The molecule has 0 aliphatic carbocycles. The van der Waals surface area contributed by atoms with Crippen LogP contribution in [0.15, 0.2) is 54.7 Å². The van der Waals surface area contributed by atoms with Crippen molar-refractivity contribution in [3.63, 3.8) is 0 Å². The van der Waals surface area contributed by atoms with E-state index in [0.717, 1.165) is 79.1 Å². The van der Waals surface area contributed by atoms with Crippen molar-refractivity contribution in [3.05, 3.63) is 70.9 Å². The van der Waals surface area contributed by atoms with Gasteiger partial charge in [0.25, 0.3) is 0 Å². The lowest BCUT2D eigenvalue weighted by molar-refractivity contribution is -0.686. The first kappa shape index (κ1) is 26.8. The van der Waals surface area contributed by atoms with Crippen LogP contribution in [0.25, 0.3) is 22.0 Å². The van der Waals surface area contributed by atoms with Crippen LogP contribution in [0.3, 0.4) is 0 Å². The van der Waals surface area contributed by atoms with Crippen LogP contribution in [-0.4, -0.2) is 52.1 Å². The first-order valence-corrected chi connectivity index (χ1v) is 13.8. The Morgan fingerprint density at radius 1 is 0.925 bits per heavy atom. The van der Waals surface area contributed by atoms with Gasteiger partial charge < -0.3 is 36.3 Å². The minimum atomic E-state index is 0. The Labute approximate surface area is 245 Å². The van der Waals surface area contributed by atoms with E-state index < -0.39 is 0 Å². The monoisotopic (exact) mass is 579 g/mol. The second kappa shape index (κ2) is 10.9. The molecule has 0 spiro atoms. The van der Waals surface area contributed by atoms with Gasteiger partial charge in [0.15, 0.2) is 35.7 Å². The highest BCUT2D eigenvalue weighted by atomic mass is 35.5. The topological polar surface area (TPSA) is 47.3 Å². The number of fused-ring (bicyclic) bond motifs is 5. The predicted octanol–water partition coefficient (Wildman–Crippen LogP) is 2.08. The standard InChI is InChI=1S/C31H31ClN3O4.ClH/c1-36-30-13-21(17-33-8-10-34(11-9-33)23-5-3-4-22(32)14-23)24-15-27-25-16-29-28(38-19-39-29)12-20(25)6-7-35(27)18-26(24)31(30)37-2;/h3-5,12-16,18H,6-11,17,19H2,1-2H3;1H/q+1;/p-1. The summed E-state index contributed by atoms with van der Waals surface area (Å²) in [5.74, 6) is 3.19. The lowest BCUT2D eigenvalue weighted by atomic mass is 9.93. The van der Waals surface area contributed by atoms with Crippen LogP contribution in [-0.2, 0) is 19.5 Å². The van der Waals surface area contributed by atoms with Crippen LogP contribution < -0.4 is 40.8 Å². The van der Waals surface area contributed by atoms with Crippen molar-refractivity contribution in [1.29, 1.82) is 0 Å². The van der Waals surface area contributed by atoms with Gasteiger partial charge in [0.05, 0.1) is 25.2 Å². The number of aryl methyl sites for hydroxylation is 2. The zero-order valence-corrected chi connectivity index (χ0v) is 24.1. The molecule has 3 aliphatic rings. The molecule has 4 heterocycles. The quantitative estimate of drug-likeness (QED) is 0.337. The molecule has 0 atom stereocenters. The van der Waals surface area contributed by atoms with Gasteiger partial charge in [-0.2, -0.15) is 4.57 Å². The molecule has 0 radical (unpaired) electrons. The fraction of sp³-hybridized carbons (Fsp3) is 0.323. The minimum absolute atomic E-state index is 0. The SMILES string of the molecule is COc1cc(CN2CCN(c3cccc(Cl)c3)CC2)c2cc3[n+](cc2c1OC)CCc1cc2c(cc1-3)OCO2.[Cl-]. The molecule has 0 bridgehead atoms. The van der Waals surface area contributed by atoms with Gasteiger partial charge in [0.1, 0.15) is 0 Å². The summed E-state index contributed by atoms with van der Waals surface area (Å²) in [5.41, 5.74) is 6.08. The molecule has 7 rings (SSSR count). The van der Waals surface area contributed by atoms with E-state index in [1.807, 2.05) is 18.2 Å². The molecule has 7 nitrogen and oxygen atoms in total. The summed E-state index contributed by atoms with van der Waals surface area (Å²) >= 11 is 6.24. The molecule has 9 heteroatoms. The van der Waals surface area contributed by atoms with Crippen molar-refractivity contribution in [2.75, 3.05) is 52.1 Å². The maximum absolute atomic E-state index is 6.24. The summed E-state index contributed by atoms with van der Waals surface area (Å²) in [5, 5.41) is 3.03. The summed E-state index contributed by atoms with van der Waals surface area (Å²) in [6.07, 6.45) is 3.16. The van der Waals surface area contributed by atoms with Crippen LogP contribution in [0, 0.1) is 0 Å². The van der Waals surface area contributed by atoms with Crippen molar-refractivity contribution in [2.24, 2.45) is 0 Å². The van der Waals surface area contributed by atoms with E-state index in [2.05, 4.69) is 50.9 Å². The van der Waals surface area contributed by atoms with Crippen LogP contribution in [0.4, 0.5) is 5.69 Å². The summed E-state index contributed by atoms with van der Waals surface area (Å²) in [7, 11) is 3.42.